The molecule has 0 fully saturated rings. The first-order chi connectivity index (χ1) is 7.79. The van der Waals surface area contributed by atoms with E-state index in [0.717, 1.165) is 17.7 Å². The first-order valence-corrected chi connectivity index (χ1v) is 5.19. The summed E-state index contributed by atoms with van der Waals surface area (Å²) in [5, 5.41) is 0. The van der Waals surface area contributed by atoms with E-state index >= 15 is 0 Å². The molecule has 0 radical (unpaired) electrons. The zero-order valence-corrected chi connectivity index (χ0v) is 9.06. The van der Waals surface area contributed by atoms with Crippen LogP contribution >= 0.6 is 0 Å². The summed E-state index contributed by atoms with van der Waals surface area (Å²) in [5.74, 6) is 0.394. The second-order valence-corrected chi connectivity index (χ2v) is 3.47. The summed E-state index contributed by atoms with van der Waals surface area (Å²) in [5.41, 5.74) is 1.86. The quantitative estimate of drug-likeness (QED) is 0.734. The second kappa shape index (κ2) is 4.94. The fourth-order valence-electron chi connectivity index (χ4n) is 1.40. The molecule has 86 valence electrons. The normalized spacial score (nSPS) is 13.3. The zero-order valence-electron chi connectivity index (χ0n) is 9.06. The Kier molecular flexibility index (Phi) is 3.36. The molecule has 0 bridgehead atoms. The molecule has 0 unspecified atom stereocenters. The highest BCUT2D eigenvalue weighted by molar-refractivity contribution is 5.63. The van der Waals surface area contributed by atoms with Crippen LogP contribution in [0.2, 0.25) is 0 Å². The number of carbonyl (C=O) groups is 1. The van der Waals surface area contributed by atoms with Gasteiger partial charge in [-0.1, -0.05) is 6.92 Å². The number of ether oxygens (including phenoxy) is 3. The molecule has 0 aromatic carbocycles. The summed E-state index contributed by atoms with van der Waals surface area (Å²) in [7, 11) is 0. The lowest BCUT2D eigenvalue weighted by molar-refractivity contribution is 0.0989. The largest absolute Gasteiger partial charge is 0.513 e. The van der Waals surface area contributed by atoms with Crippen molar-refractivity contribution in [2.45, 2.75) is 26.6 Å². The van der Waals surface area contributed by atoms with Gasteiger partial charge < -0.3 is 14.2 Å². The minimum atomic E-state index is -0.692. The number of pyridine rings is 1. The number of nitrogens with zero attached hydrogens (tertiary/aromatic N) is 1. The van der Waals surface area contributed by atoms with E-state index in [0.29, 0.717) is 25.6 Å². The molecule has 0 saturated heterocycles. The predicted octanol–water partition coefficient (Wildman–Crippen LogP) is 2.04. The van der Waals surface area contributed by atoms with E-state index < -0.39 is 6.16 Å². The van der Waals surface area contributed by atoms with Gasteiger partial charge in [0.05, 0.1) is 31.7 Å². The van der Waals surface area contributed by atoms with Crippen molar-refractivity contribution in [2.75, 3.05) is 6.61 Å². The van der Waals surface area contributed by atoms with Gasteiger partial charge in [0.1, 0.15) is 0 Å². The third kappa shape index (κ3) is 2.49. The Bertz CT molecular complexity index is 392. The van der Waals surface area contributed by atoms with Gasteiger partial charge >= 0.3 is 6.16 Å². The molecule has 0 atom stereocenters. The summed E-state index contributed by atoms with van der Waals surface area (Å²) < 4.78 is 15.0. The minimum absolute atomic E-state index is 0.361. The predicted molar refractivity (Wildman–Crippen MR) is 55.0 cm³/mol. The lowest BCUT2D eigenvalue weighted by atomic mass is 10.2. The Morgan fingerprint density at radius 2 is 2.44 bits per heavy atom. The van der Waals surface area contributed by atoms with E-state index in [4.69, 9.17) is 14.2 Å². The van der Waals surface area contributed by atoms with Crippen LogP contribution in [0.15, 0.2) is 12.3 Å². The minimum Gasteiger partial charge on any atom is -0.434 e. The van der Waals surface area contributed by atoms with Crippen molar-refractivity contribution in [3.63, 3.8) is 0 Å². The van der Waals surface area contributed by atoms with Crippen LogP contribution in [0.25, 0.3) is 0 Å². The third-order valence-electron chi connectivity index (χ3n) is 2.16. The van der Waals surface area contributed by atoms with Crippen molar-refractivity contribution >= 4 is 6.16 Å². The van der Waals surface area contributed by atoms with E-state index in [2.05, 4.69) is 4.98 Å². The number of rotatable bonds is 3. The van der Waals surface area contributed by atoms with Crippen molar-refractivity contribution < 1.29 is 19.0 Å². The second-order valence-electron chi connectivity index (χ2n) is 3.47. The topological polar surface area (TPSA) is 57.7 Å². The number of fused-ring (bicyclic) bond motifs is 1. The third-order valence-corrected chi connectivity index (χ3v) is 2.16. The van der Waals surface area contributed by atoms with Gasteiger partial charge in [0, 0.05) is 5.56 Å². The maximum absolute atomic E-state index is 11.2. The first-order valence-electron chi connectivity index (χ1n) is 5.19. The smallest absolute Gasteiger partial charge is 0.434 e. The lowest BCUT2D eigenvalue weighted by Crippen LogP contribution is -2.11. The molecule has 0 amide bonds. The number of hydrogen-bond acceptors (Lipinski definition) is 5. The lowest BCUT2D eigenvalue weighted by Gasteiger charge is -2.05. The maximum atomic E-state index is 11.2. The molecule has 5 heteroatoms. The molecule has 0 spiro atoms. The van der Waals surface area contributed by atoms with Gasteiger partial charge in [-0.05, 0) is 12.5 Å². The summed E-state index contributed by atoms with van der Waals surface area (Å²) >= 11 is 0. The van der Waals surface area contributed by atoms with E-state index in [1.54, 1.807) is 6.07 Å². The van der Waals surface area contributed by atoms with Crippen LogP contribution < -0.4 is 4.74 Å². The molecule has 1 aliphatic heterocycles. The van der Waals surface area contributed by atoms with E-state index in [9.17, 15) is 4.79 Å². The van der Waals surface area contributed by atoms with E-state index in [1.165, 1.54) is 6.20 Å². The van der Waals surface area contributed by atoms with Gasteiger partial charge in [-0.2, -0.15) is 0 Å². The molecule has 1 aromatic heterocycles. The Hall–Kier alpha value is -1.62. The van der Waals surface area contributed by atoms with Crippen LogP contribution in [-0.2, 0) is 22.7 Å². The van der Waals surface area contributed by atoms with Gasteiger partial charge in [-0.15, -0.1) is 0 Å². The van der Waals surface area contributed by atoms with Crippen LogP contribution in [-0.4, -0.2) is 17.7 Å². The van der Waals surface area contributed by atoms with E-state index in [1.807, 2.05) is 6.92 Å². The summed E-state index contributed by atoms with van der Waals surface area (Å²) in [4.78, 5) is 15.3. The molecule has 2 rings (SSSR count). The Morgan fingerprint density at radius 3 is 3.25 bits per heavy atom. The van der Waals surface area contributed by atoms with Crippen molar-refractivity contribution in [3.8, 4) is 5.75 Å². The number of carbonyl (C=O) groups excluding carboxylic acids is 1. The first kappa shape index (κ1) is 10.9. The molecule has 0 saturated carbocycles. The Balaban J connectivity index is 1.97. The molecule has 0 N–H and O–H groups in total. The SMILES string of the molecule is CCCOC(=O)Oc1cnc2c(c1)COC2. The Morgan fingerprint density at radius 1 is 1.56 bits per heavy atom. The van der Waals surface area contributed by atoms with Crippen molar-refractivity contribution in [3.05, 3.63) is 23.5 Å². The highest BCUT2D eigenvalue weighted by Crippen LogP contribution is 2.22. The fraction of sp³-hybridized carbons (Fsp3) is 0.455. The standard InChI is InChI=1S/C11H13NO4/c1-2-3-15-11(13)16-9-4-8-6-14-7-10(8)12-5-9/h4-5H,2-3,6-7H2,1H3. The summed E-state index contributed by atoms with van der Waals surface area (Å²) in [6.07, 6.45) is 1.58. The highest BCUT2D eigenvalue weighted by Gasteiger charge is 2.14. The van der Waals surface area contributed by atoms with E-state index in [-0.39, 0.29) is 0 Å². The number of aromatic nitrogens is 1. The maximum Gasteiger partial charge on any atom is 0.513 e. The van der Waals surface area contributed by atoms with Crippen LogP contribution in [0.4, 0.5) is 4.79 Å². The highest BCUT2D eigenvalue weighted by atomic mass is 16.7. The Labute approximate surface area is 93.3 Å². The monoisotopic (exact) mass is 223 g/mol. The van der Waals surface area contributed by atoms with Gasteiger partial charge in [0.25, 0.3) is 0 Å². The molecule has 0 aliphatic carbocycles. The molecule has 1 aromatic rings. The fourth-order valence-corrected chi connectivity index (χ4v) is 1.40. The molecule has 2 heterocycles. The summed E-state index contributed by atoms with van der Waals surface area (Å²) in [6, 6.07) is 1.75. The average molecular weight is 223 g/mol. The van der Waals surface area contributed by atoms with Crippen molar-refractivity contribution in [1.82, 2.24) is 4.98 Å². The molecule has 1 aliphatic rings. The zero-order chi connectivity index (χ0) is 11.4. The average Bonchev–Trinajstić information content (AvgIpc) is 2.73. The van der Waals surface area contributed by atoms with Crippen molar-refractivity contribution in [1.29, 1.82) is 0 Å². The number of hydrogen-bond donors (Lipinski definition) is 0. The van der Waals surface area contributed by atoms with Crippen LogP contribution in [0.1, 0.15) is 24.6 Å². The molecule has 5 nitrogen and oxygen atoms in total. The van der Waals surface area contributed by atoms with Gasteiger partial charge in [-0.3, -0.25) is 4.98 Å². The van der Waals surface area contributed by atoms with Crippen LogP contribution in [0.5, 0.6) is 5.75 Å². The van der Waals surface area contributed by atoms with Gasteiger partial charge in [0.15, 0.2) is 5.75 Å². The molecular formula is C11H13NO4. The van der Waals surface area contributed by atoms with Crippen LogP contribution in [0.3, 0.4) is 0 Å². The summed E-state index contributed by atoms with van der Waals surface area (Å²) in [6.45, 7) is 3.32. The molecular weight excluding hydrogens is 210 g/mol. The van der Waals surface area contributed by atoms with Gasteiger partial charge in [-0.25, -0.2) is 4.79 Å². The van der Waals surface area contributed by atoms with Crippen LogP contribution in [0, 0.1) is 0 Å². The van der Waals surface area contributed by atoms with Gasteiger partial charge in [0.2, 0.25) is 0 Å². The van der Waals surface area contributed by atoms with Crippen molar-refractivity contribution in [2.24, 2.45) is 0 Å². The molecule has 16 heavy (non-hydrogen) atoms.